The number of likely N-dealkylation sites (tertiary alicyclic amines) is 1. The number of halogens is 1. The Morgan fingerprint density at radius 3 is 2.76 bits per heavy atom. The van der Waals surface area contributed by atoms with Crippen LogP contribution in [0, 0.1) is 6.92 Å². The third-order valence-electron chi connectivity index (χ3n) is 4.78. The number of furan rings is 1. The van der Waals surface area contributed by atoms with Gasteiger partial charge in [0.2, 0.25) is 0 Å². The highest BCUT2D eigenvalue weighted by Gasteiger charge is 2.24. The van der Waals surface area contributed by atoms with Crippen molar-refractivity contribution in [2.45, 2.75) is 39.7 Å². The number of rotatable bonds is 4. The van der Waals surface area contributed by atoms with Crippen LogP contribution in [0.1, 0.15) is 42.8 Å². The molecule has 134 valence electrons. The summed E-state index contributed by atoms with van der Waals surface area (Å²) in [5, 5.41) is 4.67. The quantitative estimate of drug-likeness (QED) is 0.813. The maximum atomic E-state index is 12.6. The van der Waals surface area contributed by atoms with E-state index >= 15 is 0 Å². The summed E-state index contributed by atoms with van der Waals surface area (Å²) in [6.07, 6.45) is 4.18. The number of amides is 1. The number of aryl methyl sites for hydroxylation is 1. The molecule has 3 rings (SSSR count). The molecule has 4 nitrogen and oxygen atoms in total. The molecule has 0 bridgehead atoms. The van der Waals surface area contributed by atoms with Crippen molar-refractivity contribution in [3.8, 4) is 0 Å². The van der Waals surface area contributed by atoms with E-state index in [-0.39, 0.29) is 11.9 Å². The first-order valence-electron chi connectivity index (χ1n) is 8.79. The van der Waals surface area contributed by atoms with Crippen LogP contribution < -0.4 is 5.32 Å². The lowest BCUT2D eigenvalue weighted by atomic mass is 10.0. The lowest BCUT2D eigenvalue weighted by molar-refractivity contribution is 0.0887. The summed E-state index contributed by atoms with van der Waals surface area (Å²) in [4.78, 5) is 15.0. The van der Waals surface area contributed by atoms with E-state index in [4.69, 9.17) is 16.0 Å². The van der Waals surface area contributed by atoms with Gasteiger partial charge in [0.1, 0.15) is 5.58 Å². The lowest BCUT2D eigenvalue weighted by Gasteiger charge is -2.31. The topological polar surface area (TPSA) is 45.5 Å². The number of nitrogens with zero attached hydrogens (tertiary/aromatic N) is 1. The predicted molar refractivity (Wildman–Crippen MR) is 102 cm³/mol. The number of hydrogen-bond donors (Lipinski definition) is 1. The molecular formula is C20H25ClN2O2. The minimum Gasteiger partial charge on any atom is -0.451 e. The van der Waals surface area contributed by atoms with Crippen LogP contribution in [0.25, 0.3) is 11.0 Å². The maximum Gasteiger partial charge on any atom is 0.287 e. The molecule has 1 N–H and O–H groups in total. The molecule has 0 aliphatic carbocycles. The summed E-state index contributed by atoms with van der Waals surface area (Å²) in [5.41, 5.74) is 2.88. The molecule has 0 atom stereocenters. The summed E-state index contributed by atoms with van der Waals surface area (Å²) in [7, 11) is 0. The van der Waals surface area contributed by atoms with E-state index in [1.165, 1.54) is 5.57 Å². The molecular weight excluding hydrogens is 336 g/mol. The minimum atomic E-state index is -0.132. The average molecular weight is 361 g/mol. The first-order chi connectivity index (χ1) is 11.9. The normalized spacial score (nSPS) is 16.2. The zero-order valence-electron chi connectivity index (χ0n) is 15.1. The summed E-state index contributed by atoms with van der Waals surface area (Å²) < 4.78 is 5.75. The average Bonchev–Trinajstić information content (AvgIpc) is 2.91. The van der Waals surface area contributed by atoms with Crippen LogP contribution in [0.5, 0.6) is 0 Å². The number of fused-ring (bicyclic) bond motifs is 1. The Morgan fingerprint density at radius 2 is 2.08 bits per heavy atom. The Bertz CT molecular complexity index is 797. The second kappa shape index (κ2) is 7.63. The number of carbonyl (C=O) groups is 1. The molecule has 0 radical (unpaired) electrons. The number of nitrogens with one attached hydrogen (secondary N) is 1. The van der Waals surface area contributed by atoms with Gasteiger partial charge in [-0.3, -0.25) is 9.69 Å². The first-order valence-corrected chi connectivity index (χ1v) is 9.17. The van der Waals surface area contributed by atoms with Gasteiger partial charge in [-0.25, -0.2) is 0 Å². The van der Waals surface area contributed by atoms with Gasteiger partial charge in [0, 0.05) is 41.6 Å². The van der Waals surface area contributed by atoms with Crippen molar-refractivity contribution in [3.63, 3.8) is 0 Å². The van der Waals surface area contributed by atoms with Gasteiger partial charge in [-0.2, -0.15) is 0 Å². The van der Waals surface area contributed by atoms with Crippen molar-refractivity contribution < 1.29 is 9.21 Å². The van der Waals surface area contributed by atoms with E-state index in [2.05, 4.69) is 30.1 Å². The Balaban J connectivity index is 1.62. The van der Waals surface area contributed by atoms with Crippen LogP contribution in [0.2, 0.25) is 5.02 Å². The van der Waals surface area contributed by atoms with E-state index in [9.17, 15) is 4.79 Å². The minimum absolute atomic E-state index is 0.132. The second-order valence-corrected chi connectivity index (χ2v) is 7.46. The van der Waals surface area contributed by atoms with Crippen LogP contribution in [-0.2, 0) is 0 Å². The molecule has 2 heterocycles. The van der Waals surface area contributed by atoms with E-state index in [0.29, 0.717) is 16.4 Å². The zero-order chi connectivity index (χ0) is 18.0. The van der Waals surface area contributed by atoms with Crippen LogP contribution in [-0.4, -0.2) is 36.5 Å². The van der Waals surface area contributed by atoms with Crippen molar-refractivity contribution in [2.24, 2.45) is 0 Å². The molecule has 25 heavy (non-hydrogen) atoms. The van der Waals surface area contributed by atoms with Gasteiger partial charge in [-0.05, 0) is 51.8 Å². The lowest BCUT2D eigenvalue weighted by Crippen LogP contribution is -2.44. The molecule has 1 aromatic carbocycles. The van der Waals surface area contributed by atoms with Gasteiger partial charge in [0.25, 0.3) is 5.91 Å². The highest BCUT2D eigenvalue weighted by molar-refractivity contribution is 6.31. The van der Waals surface area contributed by atoms with Gasteiger partial charge in [-0.1, -0.05) is 23.3 Å². The SMILES string of the molecule is CC(C)=CCN1CCC(NC(=O)c2oc3ccc(Cl)cc3c2C)CC1. The molecule has 1 saturated heterocycles. The summed E-state index contributed by atoms with van der Waals surface area (Å²) in [5.74, 6) is 0.261. The number of carbonyl (C=O) groups excluding carboxylic acids is 1. The van der Waals surface area contributed by atoms with Gasteiger partial charge in [0.15, 0.2) is 5.76 Å². The highest BCUT2D eigenvalue weighted by Crippen LogP contribution is 2.28. The second-order valence-electron chi connectivity index (χ2n) is 7.03. The molecule has 1 aliphatic rings. The predicted octanol–water partition coefficient (Wildman–Crippen LogP) is 4.56. The van der Waals surface area contributed by atoms with Crippen molar-refractivity contribution in [1.29, 1.82) is 0 Å². The largest absolute Gasteiger partial charge is 0.451 e. The van der Waals surface area contributed by atoms with Crippen molar-refractivity contribution in [2.75, 3.05) is 19.6 Å². The third-order valence-corrected chi connectivity index (χ3v) is 5.02. The third kappa shape index (κ3) is 4.25. The maximum absolute atomic E-state index is 12.6. The number of allylic oxidation sites excluding steroid dienone is 1. The highest BCUT2D eigenvalue weighted by atomic mass is 35.5. The Labute approximate surface area is 153 Å². The molecule has 1 aromatic heterocycles. The van der Waals surface area contributed by atoms with Crippen molar-refractivity contribution in [3.05, 3.63) is 46.2 Å². The van der Waals surface area contributed by atoms with Gasteiger partial charge >= 0.3 is 0 Å². The molecule has 1 amide bonds. The summed E-state index contributed by atoms with van der Waals surface area (Å²) in [6.45, 7) is 9.14. The molecule has 0 saturated carbocycles. The summed E-state index contributed by atoms with van der Waals surface area (Å²) in [6, 6.07) is 5.63. The van der Waals surface area contributed by atoms with Crippen LogP contribution >= 0.6 is 11.6 Å². The number of hydrogen-bond acceptors (Lipinski definition) is 3. The van der Waals surface area contributed by atoms with Crippen LogP contribution in [0.15, 0.2) is 34.3 Å². The molecule has 0 unspecified atom stereocenters. The first kappa shape index (κ1) is 18.0. The smallest absolute Gasteiger partial charge is 0.287 e. The monoisotopic (exact) mass is 360 g/mol. The Hall–Kier alpha value is -1.78. The Kier molecular flexibility index (Phi) is 5.50. The fourth-order valence-corrected chi connectivity index (χ4v) is 3.40. The van der Waals surface area contributed by atoms with Gasteiger partial charge in [0.05, 0.1) is 0 Å². The van der Waals surface area contributed by atoms with Crippen molar-refractivity contribution >= 4 is 28.5 Å². The molecule has 0 spiro atoms. The molecule has 2 aromatic rings. The van der Waals surface area contributed by atoms with E-state index in [1.807, 2.05) is 19.1 Å². The molecule has 1 aliphatic heterocycles. The van der Waals surface area contributed by atoms with E-state index in [1.54, 1.807) is 6.07 Å². The molecule has 1 fully saturated rings. The summed E-state index contributed by atoms with van der Waals surface area (Å²) >= 11 is 6.04. The van der Waals surface area contributed by atoms with E-state index in [0.717, 1.165) is 43.4 Å². The van der Waals surface area contributed by atoms with Crippen LogP contribution in [0.3, 0.4) is 0 Å². The molecule has 5 heteroatoms. The van der Waals surface area contributed by atoms with Gasteiger partial charge < -0.3 is 9.73 Å². The van der Waals surface area contributed by atoms with Crippen LogP contribution in [0.4, 0.5) is 0 Å². The Morgan fingerprint density at radius 1 is 1.36 bits per heavy atom. The number of piperidine rings is 1. The van der Waals surface area contributed by atoms with E-state index < -0.39 is 0 Å². The zero-order valence-corrected chi connectivity index (χ0v) is 15.8. The fourth-order valence-electron chi connectivity index (χ4n) is 3.23. The number of benzene rings is 1. The van der Waals surface area contributed by atoms with Gasteiger partial charge in [-0.15, -0.1) is 0 Å². The fraction of sp³-hybridized carbons (Fsp3) is 0.450. The van der Waals surface area contributed by atoms with Crippen molar-refractivity contribution in [1.82, 2.24) is 10.2 Å². The standard InChI is InChI=1S/C20H25ClN2O2/c1-13(2)6-9-23-10-7-16(8-11-23)22-20(24)19-14(3)17-12-15(21)4-5-18(17)25-19/h4-6,12,16H,7-11H2,1-3H3,(H,22,24).